The minimum absolute atomic E-state index is 0.185. The van der Waals surface area contributed by atoms with E-state index in [1.807, 2.05) is 12.3 Å². The first-order valence-corrected chi connectivity index (χ1v) is 8.13. The highest BCUT2D eigenvalue weighted by atomic mass is 16.3. The normalized spacial score (nSPS) is 17.5. The van der Waals surface area contributed by atoms with Crippen molar-refractivity contribution in [3.05, 3.63) is 65.0 Å². The first kappa shape index (κ1) is 15.2. The van der Waals surface area contributed by atoms with E-state index >= 15 is 0 Å². The van der Waals surface area contributed by atoms with Crippen LogP contribution in [0.5, 0.6) is 0 Å². The summed E-state index contributed by atoms with van der Waals surface area (Å²) in [6.07, 6.45) is 5.39. The number of aryl methyl sites for hydroxylation is 2. The Balaban J connectivity index is 1.87. The van der Waals surface area contributed by atoms with Crippen LogP contribution in [0.1, 0.15) is 41.3 Å². The summed E-state index contributed by atoms with van der Waals surface area (Å²) < 4.78 is 0. The van der Waals surface area contributed by atoms with Gasteiger partial charge in [0.2, 0.25) is 0 Å². The van der Waals surface area contributed by atoms with Crippen LogP contribution in [0, 0.1) is 6.92 Å². The summed E-state index contributed by atoms with van der Waals surface area (Å²) in [6, 6.07) is 13.2. The number of benzene rings is 1. The summed E-state index contributed by atoms with van der Waals surface area (Å²) in [5, 5.41) is 9.50. The van der Waals surface area contributed by atoms with E-state index in [1.165, 1.54) is 29.5 Å². The largest absolute Gasteiger partial charge is 0.395 e. The lowest BCUT2D eigenvalue weighted by atomic mass is 9.86. The Kier molecular flexibility index (Phi) is 4.86. The lowest BCUT2D eigenvalue weighted by Gasteiger charge is -2.35. The van der Waals surface area contributed by atoms with Gasteiger partial charge in [-0.25, -0.2) is 0 Å². The van der Waals surface area contributed by atoms with Gasteiger partial charge in [-0.05, 0) is 48.9 Å². The van der Waals surface area contributed by atoms with Crippen molar-refractivity contribution in [1.82, 2.24) is 9.88 Å². The third kappa shape index (κ3) is 3.21. The fraction of sp³-hybridized carbons (Fsp3) is 0.421. The molecule has 0 bridgehead atoms. The zero-order valence-corrected chi connectivity index (χ0v) is 13.2. The zero-order valence-electron chi connectivity index (χ0n) is 13.2. The van der Waals surface area contributed by atoms with Crippen molar-refractivity contribution in [2.75, 3.05) is 13.2 Å². The number of pyridine rings is 1. The first-order valence-electron chi connectivity index (χ1n) is 8.13. The molecule has 1 N–H and O–H groups in total. The van der Waals surface area contributed by atoms with E-state index in [0.717, 1.165) is 18.7 Å². The topological polar surface area (TPSA) is 36.4 Å². The van der Waals surface area contributed by atoms with E-state index in [0.29, 0.717) is 12.6 Å². The number of hydrogen-bond donors (Lipinski definition) is 1. The predicted molar refractivity (Wildman–Crippen MR) is 88.6 cm³/mol. The molecule has 1 aromatic heterocycles. The summed E-state index contributed by atoms with van der Waals surface area (Å²) in [7, 11) is 0. The standard InChI is InChI=1S/C19H24N2O/c1-15-6-5-11-20-18(15)14-21(12-13-22)19-10-4-8-16-7-2-3-9-17(16)19/h2-3,5-7,9,11,19,22H,4,8,10,12-14H2,1H3. The van der Waals surface area contributed by atoms with Crippen LogP contribution in [-0.2, 0) is 13.0 Å². The van der Waals surface area contributed by atoms with Crippen LogP contribution in [0.25, 0.3) is 0 Å². The van der Waals surface area contributed by atoms with Crippen LogP contribution in [0.15, 0.2) is 42.6 Å². The average Bonchev–Trinajstić information content (AvgIpc) is 2.56. The number of hydrogen-bond acceptors (Lipinski definition) is 3. The molecule has 3 rings (SSSR count). The van der Waals surface area contributed by atoms with Crippen molar-refractivity contribution < 1.29 is 5.11 Å². The van der Waals surface area contributed by atoms with E-state index in [-0.39, 0.29) is 6.61 Å². The van der Waals surface area contributed by atoms with Crippen molar-refractivity contribution in [2.45, 2.75) is 38.8 Å². The van der Waals surface area contributed by atoms with Gasteiger partial charge in [-0.1, -0.05) is 30.3 Å². The molecule has 22 heavy (non-hydrogen) atoms. The molecule has 1 aliphatic carbocycles. The lowest BCUT2D eigenvalue weighted by molar-refractivity contribution is 0.130. The monoisotopic (exact) mass is 296 g/mol. The minimum Gasteiger partial charge on any atom is -0.395 e. The van der Waals surface area contributed by atoms with E-state index in [4.69, 9.17) is 0 Å². The second-order valence-electron chi connectivity index (χ2n) is 6.07. The molecule has 0 fully saturated rings. The van der Waals surface area contributed by atoms with Gasteiger partial charge in [0.15, 0.2) is 0 Å². The highest BCUT2D eigenvalue weighted by Gasteiger charge is 2.26. The first-order chi connectivity index (χ1) is 10.8. The van der Waals surface area contributed by atoms with Gasteiger partial charge in [0.1, 0.15) is 0 Å². The second kappa shape index (κ2) is 7.03. The molecule has 1 aliphatic rings. The van der Waals surface area contributed by atoms with Gasteiger partial charge in [-0.3, -0.25) is 9.88 Å². The fourth-order valence-electron chi connectivity index (χ4n) is 3.46. The lowest BCUT2D eigenvalue weighted by Crippen LogP contribution is -2.33. The number of fused-ring (bicyclic) bond motifs is 1. The Morgan fingerprint density at radius 2 is 2.09 bits per heavy atom. The number of aliphatic hydroxyl groups is 1. The maximum absolute atomic E-state index is 9.50. The molecule has 1 heterocycles. The van der Waals surface area contributed by atoms with E-state index in [9.17, 15) is 5.11 Å². The Labute approximate surface area is 132 Å². The molecule has 2 aromatic rings. The van der Waals surface area contributed by atoms with E-state index in [2.05, 4.69) is 47.1 Å². The van der Waals surface area contributed by atoms with Crippen molar-refractivity contribution in [2.24, 2.45) is 0 Å². The summed E-state index contributed by atoms with van der Waals surface area (Å²) in [5.41, 5.74) is 5.21. The summed E-state index contributed by atoms with van der Waals surface area (Å²) >= 11 is 0. The predicted octanol–water partition coefficient (Wildman–Crippen LogP) is 3.26. The Morgan fingerprint density at radius 1 is 1.23 bits per heavy atom. The second-order valence-corrected chi connectivity index (χ2v) is 6.07. The molecule has 0 amide bonds. The third-order valence-corrected chi connectivity index (χ3v) is 4.64. The Hall–Kier alpha value is -1.71. The third-order valence-electron chi connectivity index (χ3n) is 4.64. The van der Waals surface area contributed by atoms with Crippen LogP contribution in [0.3, 0.4) is 0 Å². The maximum atomic E-state index is 9.50. The smallest absolute Gasteiger partial charge is 0.0573 e. The molecular weight excluding hydrogens is 272 g/mol. The Morgan fingerprint density at radius 3 is 2.91 bits per heavy atom. The molecular formula is C19H24N2O. The molecule has 0 spiro atoms. The molecule has 3 nitrogen and oxygen atoms in total. The molecule has 3 heteroatoms. The summed E-state index contributed by atoms with van der Waals surface area (Å²) in [6.45, 7) is 3.78. The molecule has 1 aromatic carbocycles. The molecule has 1 unspecified atom stereocenters. The number of rotatable bonds is 5. The van der Waals surface area contributed by atoms with E-state index in [1.54, 1.807) is 0 Å². The molecule has 116 valence electrons. The van der Waals surface area contributed by atoms with Gasteiger partial charge in [-0.15, -0.1) is 0 Å². The molecule has 0 radical (unpaired) electrons. The molecule has 0 saturated carbocycles. The minimum atomic E-state index is 0.185. The van der Waals surface area contributed by atoms with Crippen molar-refractivity contribution in [3.8, 4) is 0 Å². The number of aromatic nitrogens is 1. The quantitative estimate of drug-likeness (QED) is 0.920. The van der Waals surface area contributed by atoms with Gasteiger partial charge in [0.05, 0.1) is 12.3 Å². The van der Waals surface area contributed by atoms with Gasteiger partial charge in [0.25, 0.3) is 0 Å². The van der Waals surface area contributed by atoms with Gasteiger partial charge in [0, 0.05) is 25.3 Å². The summed E-state index contributed by atoms with van der Waals surface area (Å²) in [4.78, 5) is 6.91. The average molecular weight is 296 g/mol. The van der Waals surface area contributed by atoms with Crippen molar-refractivity contribution in [1.29, 1.82) is 0 Å². The van der Waals surface area contributed by atoms with Crippen LogP contribution >= 0.6 is 0 Å². The van der Waals surface area contributed by atoms with Crippen LogP contribution in [-0.4, -0.2) is 28.1 Å². The number of aliphatic hydroxyl groups excluding tert-OH is 1. The fourth-order valence-corrected chi connectivity index (χ4v) is 3.46. The van der Waals surface area contributed by atoms with Crippen LogP contribution < -0.4 is 0 Å². The van der Waals surface area contributed by atoms with Gasteiger partial charge >= 0.3 is 0 Å². The highest BCUT2D eigenvalue weighted by Crippen LogP contribution is 2.34. The van der Waals surface area contributed by atoms with Crippen LogP contribution in [0.2, 0.25) is 0 Å². The van der Waals surface area contributed by atoms with Gasteiger partial charge < -0.3 is 5.11 Å². The summed E-state index contributed by atoms with van der Waals surface area (Å²) in [5.74, 6) is 0. The maximum Gasteiger partial charge on any atom is 0.0573 e. The molecule has 1 atom stereocenters. The van der Waals surface area contributed by atoms with Crippen molar-refractivity contribution in [3.63, 3.8) is 0 Å². The Bertz CT molecular complexity index is 626. The van der Waals surface area contributed by atoms with Gasteiger partial charge in [-0.2, -0.15) is 0 Å². The van der Waals surface area contributed by atoms with E-state index < -0.39 is 0 Å². The zero-order chi connectivity index (χ0) is 15.4. The molecule has 0 aliphatic heterocycles. The van der Waals surface area contributed by atoms with Crippen molar-refractivity contribution >= 4 is 0 Å². The highest BCUT2D eigenvalue weighted by molar-refractivity contribution is 5.32. The molecule has 0 saturated heterocycles. The SMILES string of the molecule is Cc1cccnc1CN(CCO)C1CCCc2ccccc21. The number of nitrogens with zero attached hydrogens (tertiary/aromatic N) is 2. The van der Waals surface area contributed by atoms with Crippen LogP contribution in [0.4, 0.5) is 0 Å².